The number of rotatable bonds is 8. The van der Waals surface area contributed by atoms with Crippen molar-refractivity contribution < 1.29 is 21.6 Å². The van der Waals surface area contributed by atoms with Crippen LogP contribution in [-0.4, -0.2) is 73.5 Å². The van der Waals surface area contributed by atoms with E-state index in [-0.39, 0.29) is 47.4 Å². The molecule has 2 unspecified atom stereocenters. The van der Waals surface area contributed by atoms with E-state index < -0.39 is 32.0 Å². The van der Waals surface area contributed by atoms with Gasteiger partial charge < -0.3 is 5.32 Å². The highest BCUT2D eigenvalue weighted by atomic mass is 32.2. The lowest BCUT2D eigenvalue weighted by Crippen LogP contribution is -2.61. The fourth-order valence-corrected chi connectivity index (χ4v) is 8.91. The molecule has 44 heavy (non-hydrogen) atoms. The molecule has 3 aromatic carbocycles. The third kappa shape index (κ3) is 5.57. The molecule has 0 radical (unpaired) electrons. The Morgan fingerprint density at radius 1 is 0.773 bits per heavy atom. The van der Waals surface area contributed by atoms with Gasteiger partial charge in [0.15, 0.2) is 0 Å². The summed E-state index contributed by atoms with van der Waals surface area (Å²) in [5.41, 5.74) is 1.60. The highest BCUT2D eigenvalue weighted by Crippen LogP contribution is 2.30. The summed E-state index contributed by atoms with van der Waals surface area (Å²) in [5.74, 6) is -0.641. The molecule has 1 aliphatic heterocycles. The molecule has 10 nitrogen and oxygen atoms in total. The molecule has 1 N–H and O–H groups in total. The minimum absolute atomic E-state index is 0.00187. The monoisotopic (exact) mass is 629 g/mol. The van der Waals surface area contributed by atoms with E-state index in [0.29, 0.717) is 16.3 Å². The van der Waals surface area contributed by atoms with Crippen LogP contribution in [0, 0.1) is 0 Å². The van der Waals surface area contributed by atoms with Gasteiger partial charge in [-0.2, -0.15) is 8.61 Å². The second-order valence-corrected chi connectivity index (χ2v) is 14.5. The number of hydrogen-bond donors (Lipinski definition) is 1. The number of amides is 1. The Bertz CT molecular complexity index is 2050. The number of sulfonamides is 2. The summed E-state index contributed by atoms with van der Waals surface area (Å²) < 4.78 is 58.7. The molecular weight excluding hydrogens is 599 g/mol. The van der Waals surface area contributed by atoms with Crippen LogP contribution in [0.15, 0.2) is 113 Å². The van der Waals surface area contributed by atoms with Gasteiger partial charge in [0.05, 0.1) is 11.0 Å². The number of para-hydroxylation sites is 2. The molecule has 3 heterocycles. The Labute approximate surface area is 256 Å². The number of hydrogen-bond acceptors (Lipinski definition) is 7. The van der Waals surface area contributed by atoms with Crippen molar-refractivity contribution in [2.75, 3.05) is 26.2 Å². The number of carbonyl (C=O) groups excluding carboxylic acids is 1. The van der Waals surface area contributed by atoms with Crippen LogP contribution in [0.2, 0.25) is 0 Å². The van der Waals surface area contributed by atoms with Crippen LogP contribution in [0.3, 0.4) is 0 Å². The zero-order valence-electron chi connectivity index (χ0n) is 23.9. The lowest BCUT2D eigenvalue weighted by atomic mass is 10.0. The summed E-state index contributed by atoms with van der Waals surface area (Å²) in [6.45, 7) is 1.46. The predicted octanol–water partition coefficient (Wildman–Crippen LogP) is 3.77. The summed E-state index contributed by atoms with van der Waals surface area (Å²) >= 11 is 0. The van der Waals surface area contributed by atoms with Gasteiger partial charge in [0.2, 0.25) is 26.0 Å². The molecule has 1 aliphatic rings. The minimum atomic E-state index is -4.27. The van der Waals surface area contributed by atoms with Crippen molar-refractivity contribution in [3.05, 3.63) is 109 Å². The fraction of sp³-hybridized carbons (Fsp3) is 0.219. The first-order chi connectivity index (χ1) is 21.2. The maximum Gasteiger partial charge on any atom is 0.246 e. The summed E-state index contributed by atoms with van der Waals surface area (Å²) in [7, 11) is -8.41. The molecule has 0 aliphatic carbocycles. The van der Waals surface area contributed by atoms with Crippen LogP contribution in [0.5, 0.6) is 0 Å². The molecule has 0 saturated carbocycles. The van der Waals surface area contributed by atoms with Crippen LogP contribution >= 0.6 is 0 Å². The zero-order chi connectivity index (χ0) is 30.9. The first kappa shape index (κ1) is 29.8. The minimum Gasteiger partial charge on any atom is -0.354 e. The van der Waals surface area contributed by atoms with Gasteiger partial charge in [-0.05, 0) is 35.7 Å². The predicted molar refractivity (Wildman–Crippen MR) is 168 cm³/mol. The maximum absolute atomic E-state index is 14.2. The molecule has 1 saturated heterocycles. The van der Waals surface area contributed by atoms with Gasteiger partial charge in [0.25, 0.3) is 0 Å². The van der Waals surface area contributed by atoms with E-state index in [1.165, 1.54) is 28.8 Å². The molecular formula is C32H31N5O5S2. The number of nitrogens with zero attached hydrogens (tertiary/aromatic N) is 4. The molecule has 1 amide bonds. The second-order valence-electron chi connectivity index (χ2n) is 10.7. The fourth-order valence-electron chi connectivity index (χ4n) is 5.57. The standard InChI is InChI=1S/C32H31N5O5S2/c1-23(24-9-3-2-4-10-24)21-35-32(38)27-22-36(43(39,40)28-15-5-11-25-13-7-17-33-30(25)28)19-20-37(27)44(41,42)29-16-6-12-26-14-8-18-34-31(26)29/h2-18,23,27H,19-22H2,1H3,(H,35,38). The van der Waals surface area contributed by atoms with Crippen molar-refractivity contribution in [3.63, 3.8) is 0 Å². The molecule has 2 atom stereocenters. The van der Waals surface area contributed by atoms with E-state index in [2.05, 4.69) is 15.3 Å². The normalized spacial score (nSPS) is 17.4. The van der Waals surface area contributed by atoms with Gasteiger partial charge in [-0.25, -0.2) is 16.8 Å². The van der Waals surface area contributed by atoms with Crippen molar-refractivity contribution in [1.29, 1.82) is 0 Å². The van der Waals surface area contributed by atoms with Gasteiger partial charge in [-0.15, -0.1) is 0 Å². The quantitative estimate of drug-likeness (QED) is 0.277. The first-order valence-electron chi connectivity index (χ1n) is 14.2. The number of carbonyl (C=O) groups is 1. The average molecular weight is 630 g/mol. The Kier molecular flexibility index (Phi) is 8.16. The molecule has 12 heteroatoms. The van der Waals surface area contributed by atoms with Crippen molar-refractivity contribution in [3.8, 4) is 0 Å². The lowest BCUT2D eigenvalue weighted by Gasteiger charge is -2.39. The molecule has 2 aromatic heterocycles. The number of benzene rings is 3. The summed E-state index contributed by atoms with van der Waals surface area (Å²) in [5, 5.41) is 4.18. The number of fused-ring (bicyclic) bond motifs is 2. The highest BCUT2D eigenvalue weighted by molar-refractivity contribution is 7.90. The third-order valence-electron chi connectivity index (χ3n) is 7.94. The Hall–Kier alpha value is -4.23. The van der Waals surface area contributed by atoms with E-state index >= 15 is 0 Å². The van der Waals surface area contributed by atoms with Crippen LogP contribution in [0.1, 0.15) is 18.4 Å². The summed E-state index contributed by atoms with van der Waals surface area (Å²) in [4.78, 5) is 22.4. The molecule has 0 spiro atoms. The number of aromatic nitrogens is 2. The van der Waals surface area contributed by atoms with Crippen LogP contribution in [0.4, 0.5) is 0 Å². The number of pyridine rings is 2. The van der Waals surface area contributed by atoms with Gasteiger partial charge in [0, 0.05) is 49.3 Å². The van der Waals surface area contributed by atoms with Gasteiger partial charge in [0.1, 0.15) is 15.8 Å². The molecule has 226 valence electrons. The Balaban J connectivity index is 1.35. The van der Waals surface area contributed by atoms with Crippen LogP contribution < -0.4 is 5.32 Å². The van der Waals surface area contributed by atoms with E-state index in [0.717, 1.165) is 9.87 Å². The van der Waals surface area contributed by atoms with E-state index in [9.17, 15) is 21.6 Å². The SMILES string of the molecule is CC(CNC(=O)C1CN(S(=O)(=O)c2cccc3cccnc23)CCN1S(=O)(=O)c1cccc2cccnc12)c1ccccc1. The maximum atomic E-state index is 14.2. The van der Waals surface area contributed by atoms with Crippen molar-refractivity contribution in [2.24, 2.45) is 0 Å². The van der Waals surface area contributed by atoms with Crippen molar-refractivity contribution in [2.45, 2.75) is 28.7 Å². The Morgan fingerprint density at radius 3 is 1.95 bits per heavy atom. The van der Waals surface area contributed by atoms with Gasteiger partial charge in [-0.3, -0.25) is 14.8 Å². The Morgan fingerprint density at radius 2 is 1.34 bits per heavy atom. The van der Waals surface area contributed by atoms with Crippen LogP contribution in [-0.2, 0) is 24.8 Å². The summed E-state index contributed by atoms with van der Waals surface area (Å²) in [6, 6.07) is 25.0. The average Bonchev–Trinajstić information content (AvgIpc) is 3.06. The largest absolute Gasteiger partial charge is 0.354 e. The van der Waals surface area contributed by atoms with E-state index in [4.69, 9.17) is 0 Å². The first-order valence-corrected chi connectivity index (χ1v) is 17.1. The van der Waals surface area contributed by atoms with Gasteiger partial charge in [-0.1, -0.05) is 73.7 Å². The van der Waals surface area contributed by atoms with Crippen molar-refractivity contribution in [1.82, 2.24) is 23.9 Å². The van der Waals surface area contributed by atoms with Gasteiger partial charge >= 0.3 is 0 Å². The zero-order valence-corrected chi connectivity index (χ0v) is 25.6. The second kappa shape index (κ2) is 12.0. The molecule has 0 bridgehead atoms. The van der Waals surface area contributed by atoms with E-state index in [1.54, 1.807) is 48.5 Å². The molecule has 1 fully saturated rings. The third-order valence-corrected chi connectivity index (χ3v) is 11.8. The topological polar surface area (TPSA) is 130 Å². The molecule has 5 aromatic rings. The highest BCUT2D eigenvalue weighted by Gasteiger charge is 2.44. The number of nitrogens with one attached hydrogen (secondary N) is 1. The summed E-state index contributed by atoms with van der Waals surface area (Å²) in [6.07, 6.45) is 3.04. The smallest absolute Gasteiger partial charge is 0.246 e. The van der Waals surface area contributed by atoms with Crippen molar-refractivity contribution >= 4 is 47.8 Å². The molecule has 6 rings (SSSR count). The van der Waals surface area contributed by atoms with E-state index in [1.807, 2.05) is 37.3 Å². The number of piperazine rings is 1. The lowest BCUT2D eigenvalue weighted by molar-refractivity contribution is -0.125. The van der Waals surface area contributed by atoms with Crippen LogP contribution in [0.25, 0.3) is 21.8 Å².